The number of hydrogen-bond donors (Lipinski definition) is 10. The molecule has 30 heteroatoms. The Morgan fingerprint density at radius 3 is 2.24 bits per heavy atom. The normalized spacial score (nSPS) is 21.0. The summed E-state index contributed by atoms with van der Waals surface area (Å²) in [6.45, 7) is 14.9. The Morgan fingerprint density at radius 2 is 1.53 bits per heavy atom. The van der Waals surface area contributed by atoms with Gasteiger partial charge in [-0.05, 0) is 165 Å². The second-order valence-electron chi connectivity index (χ2n) is 31.0. The first-order valence-electron chi connectivity index (χ1n) is 37.2. The summed E-state index contributed by atoms with van der Waals surface area (Å²) < 4.78 is 49.9. The van der Waals surface area contributed by atoms with E-state index in [1.807, 2.05) is 89.3 Å². The van der Waals surface area contributed by atoms with E-state index in [2.05, 4.69) is 64.6 Å². The summed E-state index contributed by atoms with van der Waals surface area (Å²) in [4.78, 5) is 102. The van der Waals surface area contributed by atoms with Gasteiger partial charge in [-0.15, -0.1) is 0 Å². The van der Waals surface area contributed by atoms with E-state index in [0.717, 1.165) is 90.5 Å². The maximum atomic E-state index is 13.9. The Bertz CT molecular complexity index is 4290. The van der Waals surface area contributed by atoms with Crippen molar-refractivity contribution in [3.05, 3.63) is 131 Å². The van der Waals surface area contributed by atoms with Crippen molar-refractivity contribution in [1.82, 2.24) is 50.8 Å². The number of carbonyl (C=O) groups excluding carboxylic acids is 5. The monoisotopic (exact) mass is 1510 g/mol. The number of nitrogens with two attached hydrogens (primary N) is 1. The van der Waals surface area contributed by atoms with Crippen LogP contribution in [0.25, 0.3) is 21.3 Å². The van der Waals surface area contributed by atoms with Crippen LogP contribution < -0.4 is 42.5 Å². The number of para-hydroxylation sites is 1. The number of amides is 6. The number of rotatable bonds is 40. The zero-order valence-corrected chi connectivity index (χ0v) is 63.3. The number of urea groups is 1. The summed E-state index contributed by atoms with van der Waals surface area (Å²) in [6, 6.07) is 23.1. The minimum atomic E-state index is -4.30. The van der Waals surface area contributed by atoms with Gasteiger partial charge in [-0.2, -0.15) is 13.5 Å². The molecular weight excluding hydrogens is 1410 g/mol. The number of thiazole rings is 1. The zero-order valence-electron chi connectivity index (χ0n) is 61.7. The Labute approximate surface area is 628 Å². The molecule has 5 heterocycles. The van der Waals surface area contributed by atoms with Crippen molar-refractivity contribution in [3.63, 3.8) is 0 Å². The fraction of sp³-hybridized carbons (Fsp3) is 0.532. The van der Waals surface area contributed by atoms with Crippen molar-refractivity contribution >= 4 is 90.1 Å². The van der Waals surface area contributed by atoms with Crippen LogP contribution in [-0.4, -0.2) is 190 Å². The second-order valence-corrected chi connectivity index (χ2v) is 33.5. The molecule has 2 unspecified atom stereocenters. The molecule has 11 N–H and O–H groups in total. The van der Waals surface area contributed by atoms with E-state index in [4.69, 9.17) is 25.3 Å². The lowest BCUT2D eigenvalue weighted by Gasteiger charge is -2.69. The van der Waals surface area contributed by atoms with Crippen LogP contribution in [0.3, 0.4) is 0 Å². The number of aromatic carboxylic acids is 1. The molecule has 4 aliphatic carbocycles. The van der Waals surface area contributed by atoms with Crippen LogP contribution in [0.15, 0.2) is 97.2 Å². The van der Waals surface area contributed by atoms with E-state index < -0.39 is 51.6 Å². The molecule has 6 aromatic rings. The van der Waals surface area contributed by atoms with Gasteiger partial charge in [-0.3, -0.25) is 38.6 Å². The van der Waals surface area contributed by atoms with Crippen molar-refractivity contribution in [1.29, 1.82) is 0 Å². The molecule has 4 fully saturated rings. The van der Waals surface area contributed by atoms with E-state index in [9.17, 15) is 56.7 Å². The molecule has 0 saturated heterocycles. The third kappa shape index (κ3) is 20.9. The van der Waals surface area contributed by atoms with Gasteiger partial charge in [-0.25, -0.2) is 24.4 Å². The van der Waals surface area contributed by atoms with Crippen molar-refractivity contribution in [2.24, 2.45) is 27.9 Å². The number of unbranched alkanes of at least 4 members (excludes halogenated alkanes) is 3. The first-order chi connectivity index (χ1) is 51.0. The van der Waals surface area contributed by atoms with Gasteiger partial charge in [-0.1, -0.05) is 88.3 Å². The third-order valence-corrected chi connectivity index (χ3v) is 23.4. The van der Waals surface area contributed by atoms with Gasteiger partial charge >= 0.3 is 24.1 Å². The zero-order chi connectivity index (χ0) is 76.3. The number of nitrogens with one attached hydrogen (secondary N) is 6. The Kier molecular flexibility index (Phi) is 25.6. The maximum absolute atomic E-state index is 13.9. The average molecular weight is 1510 g/mol. The molecule has 12 rings (SSSR count). The number of carbonyl (C=O) groups is 7. The Hall–Kier alpha value is -8.91. The fourth-order valence-electron chi connectivity index (χ4n) is 17.6. The standard InChI is InChI=1S/C77H102N14O14S2/c1-50(2)62(83-37-56(42-107(101,102)103)79-29-10-6-7-11-31-90-65(92)25-26-66(90)93)39-82-55(15-13-30-80-71(78)99)36-81-54-21-19-52(20-22-54)41-104-73(100)88(33-28-67(94)95)34-35-105-77-46-74(4)43-75(5,47-77)45-76(44-74,48-77)49-91-51(3)59(38-84-91)57-23-24-64(86-68(57)70(97)98)89-32-27-53-14-12-16-58(60(53)40-89)69(96)87-72-85-61-17-8-9-18-63(61)106-72/h8-9,12,14,16-26,38,50,55-56,62,79,81-83H,6-7,10-11,13,15,27-37,39-49H2,1-5H3,(H,94,95)(H,97,98)(H3,78,80,99)(H,85,87,96)(H,101,102,103)/t55-,56+,62+,74?,75?,76?,77?/m0/s1. The predicted octanol–water partition coefficient (Wildman–Crippen LogP) is 9.39. The summed E-state index contributed by atoms with van der Waals surface area (Å²) in [5.41, 5.74) is 11.1. The number of primary amides is 1. The lowest BCUT2D eigenvalue weighted by Crippen LogP contribution is -2.64. The van der Waals surface area contributed by atoms with Gasteiger partial charge in [0.25, 0.3) is 27.8 Å². The second kappa shape index (κ2) is 34.5. The molecule has 4 bridgehead atoms. The van der Waals surface area contributed by atoms with Crippen LogP contribution in [0.2, 0.25) is 0 Å². The van der Waals surface area contributed by atoms with E-state index in [1.165, 1.54) is 33.3 Å². The molecular formula is C77H102N14O14S2. The lowest BCUT2D eigenvalue weighted by molar-refractivity contribution is -0.248. The van der Waals surface area contributed by atoms with Crippen molar-refractivity contribution in [2.75, 3.05) is 86.8 Å². The van der Waals surface area contributed by atoms with Crippen molar-refractivity contribution < 1.29 is 66.2 Å². The van der Waals surface area contributed by atoms with Gasteiger partial charge in [0.05, 0.1) is 40.8 Å². The SMILES string of the molecule is Cc1c(-c2ccc(N3CCc4cccc(C(=O)Nc5nc6ccccc6s5)c4C3)nc2C(=O)O)cnn1CC12CC3(C)CC(C)(C1)CC(OCCN(CCC(=O)O)C(=O)OCc1ccc(NC[C@H](CCCNC(N)=O)NC[C@@H](NC[C@H](CS(=O)(=O)O)NCCCCCCN4C(=O)C=CC4=O)C(C)C)cc1)(C3)C2. The quantitative estimate of drug-likeness (QED) is 0.00972. The number of nitrogens with zero attached hydrogens (tertiary/aromatic N) is 7. The van der Waals surface area contributed by atoms with E-state index >= 15 is 0 Å². The minimum Gasteiger partial charge on any atom is -0.481 e. The van der Waals surface area contributed by atoms with E-state index in [-0.39, 0.29) is 96.9 Å². The van der Waals surface area contributed by atoms with Crippen molar-refractivity contribution in [3.8, 4) is 11.1 Å². The minimum absolute atomic E-state index is 0.0552. The number of benzene rings is 3. The fourth-order valence-corrected chi connectivity index (χ4v) is 19.2. The molecule has 6 amide bonds. The number of hydrogen-bond acceptors (Lipinski definition) is 20. The molecule has 4 saturated carbocycles. The summed E-state index contributed by atoms with van der Waals surface area (Å²) in [6.07, 6.45) is 13.5. The van der Waals surface area contributed by atoms with Crippen LogP contribution >= 0.6 is 11.3 Å². The van der Waals surface area contributed by atoms with Crippen LogP contribution in [0.1, 0.15) is 154 Å². The molecule has 2 aliphatic heterocycles. The topological polar surface area (TPSA) is 384 Å². The lowest BCUT2D eigenvalue weighted by atomic mass is 9.39. The number of anilines is 3. The number of ether oxygens (including phenoxy) is 2. The first kappa shape index (κ1) is 79.1. The first-order valence-corrected chi connectivity index (χ1v) is 39.6. The highest BCUT2D eigenvalue weighted by molar-refractivity contribution is 7.85. The summed E-state index contributed by atoms with van der Waals surface area (Å²) in [5.74, 6) is -2.98. The molecule has 3 aromatic heterocycles. The Balaban J connectivity index is 0.671. The predicted molar refractivity (Wildman–Crippen MR) is 408 cm³/mol. The number of aromatic nitrogens is 4. The molecule has 0 spiro atoms. The highest BCUT2D eigenvalue weighted by Crippen LogP contribution is 2.72. The van der Waals surface area contributed by atoms with E-state index in [0.29, 0.717) is 111 Å². The van der Waals surface area contributed by atoms with Crippen LogP contribution in [-0.2, 0) is 60.1 Å². The number of carboxylic acid groups (broad SMARTS) is 2. The van der Waals surface area contributed by atoms with E-state index in [1.54, 1.807) is 12.3 Å². The smallest absolute Gasteiger partial charge is 0.410 e. The highest BCUT2D eigenvalue weighted by atomic mass is 32.2. The average Bonchev–Trinajstić information content (AvgIpc) is 0.979. The third-order valence-electron chi connectivity index (χ3n) is 21.6. The molecule has 3 aromatic carbocycles. The maximum Gasteiger partial charge on any atom is 0.410 e. The van der Waals surface area contributed by atoms with Gasteiger partial charge in [0, 0.05) is 124 Å². The summed E-state index contributed by atoms with van der Waals surface area (Å²) in [7, 11) is -4.30. The summed E-state index contributed by atoms with van der Waals surface area (Å²) in [5, 5.41) is 45.6. The molecule has 6 aliphatic rings. The van der Waals surface area contributed by atoms with Crippen LogP contribution in [0.5, 0.6) is 0 Å². The van der Waals surface area contributed by atoms with Gasteiger partial charge in [0.2, 0.25) is 0 Å². The number of fused-ring (bicyclic) bond motifs is 2. The molecule has 28 nitrogen and oxygen atoms in total. The van der Waals surface area contributed by atoms with Gasteiger partial charge in [0.15, 0.2) is 10.8 Å². The largest absolute Gasteiger partial charge is 0.481 e. The molecule has 107 heavy (non-hydrogen) atoms. The molecule has 0 radical (unpaired) electrons. The van der Waals surface area contributed by atoms with Gasteiger partial charge in [0.1, 0.15) is 12.4 Å². The van der Waals surface area contributed by atoms with Crippen LogP contribution in [0, 0.1) is 29.1 Å². The molecule has 5 atom stereocenters. The molecule has 576 valence electrons. The van der Waals surface area contributed by atoms with Gasteiger partial charge < -0.3 is 61.8 Å². The van der Waals surface area contributed by atoms with Crippen molar-refractivity contribution in [2.45, 2.75) is 168 Å². The number of imide groups is 1. The number of carboxylic acids is 2. The number of pyridine rings is 1. The summed E-state index contributed by atoms with van der Waals surface area (Å²) >= 11 is 1.41. The highest BCUT2D eigenvalue weighted by Gasteiger charge is 2.66. The number of aliphatic carboxylic acids is 1. The Morgan fingerprint density at radius 1 is 0.785 bits per heavy atom. The van der Waals surface area contributed by atoms with Crippen LogP contribution in [0.4, 0.5) is 26.2 Å².